The van der Waals surface area contributed by atoms with Gasteiger partial charge in [0.15, 0.2) is 5.82 Å². The number of nitrogens with zero attached hydrogens (tertiary/aromatic N) is 3. The van der Waals surface area contributed by atoms with E-state index in [2.05, 4.69) is 10.2 Å². The van der Waals surface area contributed by atoms with Gasteiger partial charge in [-0.2, -0.15) is 0 Å². The average molecular weight is 354 g/mol. The first-order chi connectivity index (χ1) is 12.6. The van der Waals surface area contributed by atoms with E-state index >= 15 is 0 Å². The summed E-state index contributed by atoms with van der Waals surface area (Å²) in [5, 5.41) is 13.8. The van der Waals surface area contributed by atoms with Crippen LogP contribution < -0.4 is 10.2 Å². The van der Waals surface area contributed by atoms with E-state index in [1.807, 2.05) is 44.2 Å². The maximum Gasteiger partial charge on any atom is 0.161 e. The Balaban J connectivity index is 1.71. The van der Waals surface area contributed by atoms with Crippen LogP contribution in [0.15, 0.2) is 30.3 Å². The number of β-amino-alcohol motifs (C(OH)–C–C–N with tert-alkyl or cyclic N) is 1. The van der Waals surface area contributed by atoms with Gasteiger partial charge in [0.25, 0.3) is 0 Å². The van der Waals surface area contributed by atoms with Gasteiger partial charge < -0.3 is 20.1 Å². The Morgan fingerprint density at radius 3 is 2.77 bits per heavy atom. The van der Waals surface area contributed by atoms with Gasteiger partial charge in [-0.1, -0.05) is 30.3 Å². The molecule has 2 N–H and O–H groups in total. The van der Waals surface area contributed by atoms with Gasteiger partial charge in [0.2, 0.25) is 0 Å². The highest BCUT2D eigenvalue weighted by molar-refractivity contribution is 5.61. The van der Waals surface area contributed by atoms with E-state index < -0.39 is 6.10 Å². The molecule has 6 nitrogen and oxygen atoms in total. The number of ether oxygens (including phenoxy) is 1. The van der Waals surface area contributed by atoms with Crippen LogP contribution in [0.2, 0.25) is 0 Å². The molecule has 0 amide bonds. The molecule has 3 heterocycles. The van der Waals surface area contributed by atoms with Gasteiger partial charge in [-0.3, -0.25) is 0 Å². The van der Waals surface area contributed by atoms with Crippen LogP contribution in [0.4, 0.5) is 5.82 Å². The van der Waals surface area contributed by atoms with Crippen LogP contribution in [0, 0.1) is 0 Å². The van der Waals surface area contributed by atoms with Crippen molar-refractivity contribution in [2.75, 3.05) is 24.5 Å². The lowest BCUT2D eigenvalue weighted by Gasteiger charge is -2.26. The standard InChI is InChI=1S/C20H26N4O2/c1-13(2)26-18-12-24(11-17(18)25)20-15-8-9-21-10-16(15)22-19(23-20)14-6-4-3-5-7-14/h3-7,13,17-18,21,25H,8-12H2,1-2H3/t17-,18-/m0/s1. The summed E-state index contributed by atoms with van der Waals surface area (Å²) in [5.41, 5.74) is 3.26. The van der Waals surface area contributed by atoms with Crippen molar-refractivity contribution in [1.29, 1.82) is 0 Å². The molecule has 0 bridgehead atoms. The average Bonchev–Trinajstić information content (AvgIpc) is 3.01. The molecule has 0 radical (unpaired) electrons. The Morgan fingerprint density at radius 1 is 1.19 bits per heavy atom. The summed E-state index contributed by atoms with van der Waals surface area (Å²) in [6.45, 7) is 6.89. The molecule has 0 spiro atoms. The number of fused-ring (bicyclic) bond motifs is 1. The smallest absolute Gasteiger partial charge is 0.161 e. The Kier molecular flexibility index (Phi) is 4.89. The predicted molar refractivity (Wildman–Crippen MR) is 101 cm³/mol. The molecule has 26 heavy (non-hydrogen) atoms. The van der Waals surface area contributed by atoms with Crippen molar-refractivity contribution in [3.05, 3.63) is 41.6 Å². The van der Waals surface area contributed by atoms with Crippen LogP contribution in [0.5, 0.6) is 0 Å². The predicted octanol–water partition coefficient (Wildman–Crippen LogP) is 1.76. The van der Waals surface area contributed by atoms with Crippen molar-refractivity contribution >= 4 is 5.82 Å². The van der Waals surface area contributed by atoms with Gasteiger partial charge in [0.1, 0.15) is 11.9 Å². The summed E-state index contributed by atoms with van der Waals surface area (Å²) >= 11 is 0. The Bertz CT molecular complexity index is 766. The van der Waals surface area contributed by atoms with Crippen LogP contribution in [0.1, 0.15) is 25.1 Å². The third kappa shape index (κ3) is 3.45. The molecular formula is C20H26N4O2. The number of hydrogen-bond acceptors (Lipinski definition) is 6. The lowest BCUT2D eigenvalue weighted by Crippen LogP contribution is -2.31. The maximum atomic E-state index is 10.4. The van der Waals surface area contributed by atoms with Gasteiger partial charge in [0.05, 0.1) is 17.9 Å². The highest BCUT2D eigenvalue weighted by Crippen LogP contribution is 2.30. The molecule has 2 aliphatic rings. The second-order valence-corrected chi connectivity index (χ2v) is 7.28. The van der Waals surface area contributed by atoms with Gasteiger partial charge >= 0.3 is 0 Å². The minimum absolute atomic E-state index is 0.0954. The number of anilines is 1. The minimum Gasteiger partial charge on any atom is -0.388 e. The maximum absolute atomic E-state index is 10.4. The van der Waals surface area contributed by atoms with E-state index in [0.717, 1.165) is 42.4 Å². The van der Waals surface area contributed by atoms with E-state index in [0.29, 0.717) is 13.1 Å². The minimum atomic E-state index is -0.495. The molecule has 6 heteroatoms. The van der Waals surface area contributed by atoms with Crippen LogP contribution in [0.3, 0.4) is 0 Å². The number of benzene rings is 1. The van der Waals surface area contributed by atoms with Gasteiger partial charge in [-0.15, -0.1) is 0 Å². The lowest BCUT2D eigenvalue weighted by molar-refractivity contribution is -0.0386. The molecule has 2 aliphatic heterocycles. The lowest BCUT2D eigenvalue weighted by atomic mass is 10.1. The Hall–Kier alpha value is -2.02. The van der Waals surface area contributed by atoms with E-state index in [9.17, 15) is 5.11 Å². The summed E-state index contributed by atoms with van der Waals surface area (Å²) in [6, 6.07) is 10.1. The molecule has 1 saturated heterocycles. The Labute approximate surface area is 154 Å². The van der Waals surface area contributed by atoms with Crippen molar-refractivity contribution in [3.63, 3.8) is 0 Å². The van der Waals surface area contributed by atoms with Gasteiger partial charge in [-0.25, -0.2) is 9.97 Å². The molecule has 4 rings (SSSR count). The number of aromatic nitrogens is 2. The molecular weight excluding hydrogens is 328 g/mol. The second-order valence-electron chi connectivity index (χ2n) is 7.28. The SMILES string of the molecule is CC(C)O[C@H]1CN(c2nc(-c3ccccc3)nc3c2CCNC3)C[C@@H]1O. The van der Waals surface area contributed by atoms with Crippen molar-refractivity contribution in [1.82, 2.24) is 15.3 Å². The van der Waals surface area contributed by atoms with Crippen molar-refractivity contribution < 1.29 is 9.84 Å². The molecule has 1 fully saturated rings. The van der Waals surface area contributed by atoms with Gasteiger partial charge in [-0.05, 0) is 26.8 Å². The largest absolute Gasteiger partial charge is 0.388 e. The van der Waals surface area contributed by atoms with Crippen molar-refractivity contribution in [2.24, 2.45) is 0 Å². The molecule has 2 aromatic rings. The van der Waals surface area contributed by atoms with E-state index in [-0.39, 0.29) is 12.2 Å². The zero-order valence-electron chi connectivity index (χ0n) is 15.4. The molecule has 0 aliphatic carbocycles. The monoisotopic (exact) mass is 354 g/mol. The summed E-state index contributed by atoms with van der Waals surface area (Å²) < 4.78 is 5.89. The fourth-order valence-electron chi connectivity index (χ4n) is 3.73. The highest BCUT2D eigenvalue weighted by atomic mass is 16.5. The summed E-state index contributed by atoms with van der Waals surface area (Å²) in [7, 11) is 0. The van der Waals surface area contributed by atoms with E-state index in [4.69, 9.17) is 14.7 Å². The normalized spacial score (nSPS) is 22.7. The first kappa shape index (κ1) is 17.4. The van der Waals surface area contributed by atoms with E-state index in [1.165, 1.54) is 5.56 Å². The third-order valence-electron chi connectivity index (χ3n) is 4.93. The molecule has 2 atom stereocenters. The van der Waals surface area contributed by atoms with Crippen LogP contribution in [-0.4, -0.2) is 53.0 Å². The second kappa shape index (κ2) is 7.31. The first-order valence-corrected chi connectivity index (χ1v) is 9.36. The fourth-order valence-corrected chi connectivity index (χ4v) is 3.73. The van der Waals surface area contributed by atoms with E-state index in [1.54, 1.807) is 0 Å². The van der Waals surface area contributed by atoms with Crippen LogP contribution >= 0.6 is 0 Å². The molecule has 1 aromatic carbocycles. The zero-order chi connectivity index (χ0) is 18.1. The quantitative estimate of drug-likeness (QED) is 0.872. The molecule has 138 valence electrons. The van der Waals surface area contributed by atoms with Crippen molar-refractivity contribution in [2.45, 2.75) is 45.1 Å². The number of aliphatic hydroxyl groups is 1. The summed E-state index contributed by atoms with van der Waals surface area (Å²) in [6.07, 6.45) is 0.326. The van der Waals surface area contributed by atoms with Crippen LogP contribution in [-0.2, 0) is 17.7 Å². The zero-order valence-corrected chi connectivity index (χ0v) is 15.4. The molecule has 0 saturated carbocycles. The highest BCUT2D eigenvalue weighted by Gasteiger charge is 2.35. The number of hydrogen-bond donors (Lipinski definition) is 2. The Morgan fingerprint density at radius 2 is 2.00 bits per heavy atom. The summed E-state index contributed by atoms with van der Waals surface area (Å²) in [4.78, 5) is 11.9. The fraction of sp³-hybridized carbons (Fsp3) is 0.500. The molecule has 0 unspecified atom stereocenters. The van der Waals surface area contributed by atoms with Gasteiger partial charge in [0, 0.05) is 30.8 Å². The number of rotatable bonds is 4. The first-order valence-electron chi connectivity index (χ1n) is 9.36. The summed E-state index contributed by atoms with van der Waals surface area (Å²) in [5.74, 6) is 1.69. The number of aliphatic hydroxyl groups excluding tert-OH is 1. The third-order valence-corrected chi connectivity index (χ3v) is 4.93. The number of nitrogens with one attached hydrogen (secondary N) is 1. The van der Waals surface area contributed by atoms with Crippen LogP contribution in [0.25, 0.3) is 11.4 Å². The molecule has 1 aromatic heterocycles. The van der Waals surface area contributed by atoms with Crippen molar-refractivity contribution in [3.8, 4) is 11.4 Å². The topological polar surface area (TPSA) is 70.5 Å².